The zero-order chi connectivity index (χ0) is 10.5. The second kappa shape index (κ2) is 5.88. The molecule has 1 saturated heterocycles. The van der Waals surface area contributed by atoms with Crippen molar-refractivity contribution in [2.75, 3.05) is 12.4 Å². The van der Waals surface area contributed by atoms with Crippen molar-refractivity contribution < 1.29 is 0 Å². The average Bonchev–Trinajstić information content (AvgIpc) is 2.74. The molecular formula is C12H18ClNS. The predicted octanol–water partition coefficient (Wildman–Crippen LogP) is 3.73. The first-order valence-corrected chi connectivity index (χ1v) is 7.14. The molecule has 1 nitrogen and oxygen atoms in total. The fourth-order valence-electron chi connectivity index (χ4n) is 2.32. The van der Waals surface area contributed by atoms with Gasteiger partial charge in [-0.3, -0.25) is 4.90 Å². The van der Waals surface area contributed by atoms with E-state index in [2.05, 4.69) is 22.4 Å². The van der Waals surface area contributed by atoms with Crippen LogP contribution in [0.3, 0.4) is 0 Å². The highest BCUT2D eigenvalue weighted by Crippen LogP contribution is 2.23. The van der Waals surface area contributed by atoms with Crippen molar-refractivity contribution in [3.63, 3.8) is 0 Å². The number of piperidine rings is 1. The largest absolute Gasteiger partial charge is 0.295 e. The Labute approximate surface area is 101 Å². The Morgan fingerprint density at radius 3 is 3.13 bits per heavy atom. The third-order valence-electron chi connectivity index (χ3n) is 3.13. The van der Waals surface area contributed by atoms with Crippen LogP contribution in [0.25, 0.3) is 0 Å². The summed E-state index contributed by atoms with van der Waals surface area (Å²) in [6.45, 7) is 2.37. The molecule has 84 valence electrons. The molecule has 1 unspecified atom stereocenters. The molecule has 0 amide bonds. The van der Waals surface area contributed by atoms with Crippen molar-refractivity contribution in [1.29, 1.82) is 0 Å². The van der Waals surface area contributed by atoms with Crippen molar-refractivity contribution in [3.8, 4) is 0 Å². The number of alkyl halides is 1. The summed E-state index contributed by atoms with van der Waals surface area (Å²) in [4.78, 5) is 4.09. The standard InChI is InChI=1S/C12H18ClNS/c13-7-6-11-4-1-2-8-14(11)10-12-5-3-9-15-12/h3,5,9,11H,1-2,4,6-8,10H2. The maximum Gasteiger partial charge on any atom is 0.0330 e. The third-order valence-corrected chi connectivity index (χ3v) is 4.21. The number of halogens is 1. The highest BCUT2D eigenvalue weighted by molar-refractivity contribution is 7.09. The topological polar surface area (TPSA) is 3.24 Å². The Balaban J connectivity index is 1.92. The van der Waals surface area contributed by atoms with E-state index in [9.17, 15) is 0 Å². The summed E-state index contributed by atoms with van der Waals surface area (Å²) in [5.74, 6) is 0.797. The predicted molar refractivity (Wildman–Crippen MR) is 67.7 cm³/mol. The molecule has 0 radical (unpaired) electrons. The molecule has 0 N–H and O–H groups in total. The molecule has 1 fully saturated rings. The third kappa shape index (κ3) is 3.20. The number of nitrogens with zero attached hydrogens (tertiary/aromatic N) is 1. The summed E-state index contributed by atoms with van der Waals surface area (Å²) < 4.78 is 0. The lowest BCUT2D eigenvalue weighted by atomic mass is 10.00. The second-order valence-electron chi connectivity index (χ2n) is 4.18. The van der Waals surface area contributed by atoms with Crippen LogP contribution in [-0.4, -0.2) is 23.4 Å². The normalized spacial score (nSPS) is 23.1. The van der Waals surface area contributed by atoms with Crippen LogP contribution in [-0.2, 0) is 6.54 Å². The van der Waals surface area contributed by atoms with Crippen LogP contribution in [0.1, 0.15) is 30.6 Å². The van der Waals surface area contributed by atoms with E-state index >= 15 is 0 Å². The van der Waals surface area contributed by atoms with Gasteiger partial charge in [-0.25, -0.2) is 0 Å². The van der Waals surface area contributed by atoms with Gasteiger partial charge >= 0.3 is 0 Å². The minimum Gasteiger partial charge on any atom is -0.295 e. The fourth-order valence-corrected chi connectivity index (χ4v) is 3.31. The number of rotatable bonds is 4. The van der Waals surface area contributed by atoms with Crippen LogP contribution >= 0.6 is 22.9 Å². The number of thiophene rings is 1. The van der Waals surface area contributed by atoms with Gasteiger partial charge in [-0.05, 0) is 37.3 Å². The van der Waals surface area contributed by atoms with E-state index in [1.54, 1.807) is 0 Å². The van der Waals surface area contributed by atoms with Crippen molar-refractivity contribution in [2.24, 2.45) is 0 Å². The lowest BCUT2D eigenvalue weighted by Crippen LogP contribution is -2.38. The Kier molecular flexibility index (Phi) is 4.48. The van der Waals surface area contributed by atoms with Gasteiger partial charge in [0.05, 0.1) is 0 Å². The Hall–Kier alpha value is -0.0500. The average molecular weight is 244 g/mol. The molecule has 3 heteroatoms. The smallest absolute Gasteiger partial charge is 0.0330 e. The van der Waals surface area contributed by atoms with E-state index < -0.39 is 0 Å². The van der Waals surface area contributed by atoms with Gasteiger partial charge in [-0.2, -0.15) is 0 Å². The van der Waals surface area contributed by atoms with E-state index in [1.807, 2.05) is 11.3 Å². The zero-order valence-electron chi connectivity index (χ0n) is 8.99. The molecule has 1 aromatic rings. The van der Waals surface area contributed by atoms with Gasteiger partial charge in [0.15, 0.2) is 0 Å². The van der Waals surface area contributed by atoms with Crippen LogP contribution in [0, 0.1) is 0 Å². The number of hydrogen-bond donors (Lipinski definition) is 0. The van der Waals surface area contributed by atoms with Gasteiger partial charge in [0.1, 0.15) is 0 Å². The minimum atomic E-state index is 0.721. The van der Waals surface area contributed by atoms with E-state index in [0.717, 1.165) is 24.9 Å². The summed E-state index contributed by atoms with van der Waals surface area (Å²) in [6.07, 6.45) is 5.21. The molecule has 1 aliphatic heterocycles. The van der Waals surface area contributed by atoms with E-state index in [4.69, 9.17) is 11.6 Å². The summed E-state index contributed by atoms with van der Waals surface area (Å²) in [6, 6.07) is 5.09. The molecule has 0 aliphatic carbocycles. The number of likely N-dealkylation sites (tertiary alicyclic amines) is 1. The van der Waals surface area contributed by atoms with Crippen molar-refractivity contribution in [2.45, 2.75) is 38.3 Å². The summed E-state index contributed by atoms with van der Waals surface area (Å²) in [5.41, 5.74) is 0. The molecule has 0 aromatic carbocycles. The number of hydrogen-bond acceptors (Lipinski definition) is 2. The minimum absolute atomic E-state index is 0.721. The Morgan fingerprint density at radius 1 is 1.47 bits per heavy atom. The Morgan fingerprint density at radius 2 is 2.40 bits per heavy atom. The van der Waals surface area contributed by atoms with E-state index in [0.29, 0.717) is 0 Å². The molecule has 0 spiro atoms. The van der Waals surface area contributed by atoms with Gasteiger partial charge in [-0.15, -0.1) is 22.9 Å². The summed E-state index contributed by atoms with van der Waals surface area (Å²) in [5, 5.41) is 2.16. The maximum absolute atomic E-state index is 5.86. The van der Waals surface area contributed by atoms with Crippen LogP contribution in [0.2, 0.25) is 0 Å². The molecule has 2 rings (SSSR count). The van der Waals surface area contributed by atoms with Crippen LogP contribution in [0.15, 0.2) is 17.5 Å². The molecule has 0 bridgehead atoms. The first-order valence-electron chi connectivity index (χ1n) is 5.72. The quantitative estimate of drug-likeness (QED) is 0.729. The maximum atomic E-state index is 5.86. The molecule has 1 aromatic heterocycles. The van der Waals surface area contributed by atoms with Gasteiger partial charge in [0.2, 0.25) is 0 Å². The van der Waals surface area contributed by atoms with Crippen molar-refractivity contribution >= 4 is 22.9 Å². The first-order chi connectivity index (χ1) is 7.40. The van der Waals surface area contributed by atoms with Gasteiger partial charge < -0.3 is 0 Å². The summed E-state index contributed by atoms with van der Waals surface area (Å²) in [7, 11) is 0. The zero-order valence-corrected chi connectivity index (χ0v) is 10.6. The lowest BCUT2D eigenvalue weighted by Gasteiger charge is -2.35. The summed E-state index contributed by atoms with van der Waals surface area (Å²) >= 11 is 7.72. The van der Waals surface area contributed by atoms with Gasteiger partial charge in [-0.1, -0.05) is 12.5 Å². The van der Waals surface area contributed by atoms with E-state index in [-0.39, 0.29) is 0 Å². The van der Waals surface area contributed by atoms with Crippen LogP contribution in [0.5, 0.6) is 0 Å². The van der Waals surface area contributed by atoms with Crippen molar-refractivity contribution in [1.82, 2.24) is 4.90 Å². The van der Waals surface area contributed by atoms with E-state index in [1.165, 1.54) is 30.7 Å². The van der Waals surface area contributed by atoms with Crippen LogP contribution < -0.4 is 0 Å². The first kappa shape index (κ1) is 11.4. The molecule has 1 atom stereocenters. The van der Waals surface area contributed by atoms with Crippen LogP contribution in [0.4, 0.5) is 0 Å². The molecule has 15 heavy (non-hydrogen) atoms. The van der Waals surface area contributed by atoms with Crippen molar-refractivity contribution in [3.05, 3.63) is 22.4 Å². The highest BCUT2D eigenvalue weighted by Gasteiger charge is 2.21. The van der Waals surface area contributed by atoms with Gasteiger partial charge in [0, 0.05) is 23.3 Å². The monoisotopic (exact) mass is 243 g/mol. The fraction of sp³-hybridized carbons (Fsp3) is 0.667. The second-order valence-corrected chi connectivity index (χ2v) is 5.59. The highest BCUT2D eigenvalue weighted by atomic mass is 35.5. The molecule has 2 heterocycles. The molecular weight excluding hydrogens is 226 g/mol. The lowest BCUT2D eigenvalue weighted by molar-refractivity contribution is 0.138. The van der Waals surface area contributed by atoms with Gasteiger partial charge in [0.25, 0.3) is 0 Å². The Bertz CT molecular complexity index is 271. The molecule has 1 aliphatic rings. The molecule has 0 saturated carbocycles. The SMILES string of the molecule is ClCCC1CCCCN1Cc1cccs1.